The molecule has 0 spiro atoms. The fourth-order valence-electron chi connectivity index (χ4n) is 2.97. The van der Waals surface area contributed by atoms with Crippen molar-refractivity contribution in [1.29, 1.82) is 0 Å². The standard InChI is InChI=1S/C16H24N2O2/c1-11-9-12(7-8-15(11)20-3)10-18(2)16(19)13-5-4-6-14(13)17/h7-9,13-14H,4-6,10,17H2,1-3H3/t13-,14-/m0/s1. The lowest BCUT2D eigenvalue weighted by atomic mass is 10.0. The number of nitrogens with zero attached hydrogens (tertiary/aromatic N) is 1. The molecule has 1 aromatic rings. The van der Waals surface area contributed by atoms with Crippen molar-refractivity contribution in [2.45, 2.75) is 38.8 Å². The Balaban J connectivity index is 2.02. The van der Waals surface area contributed by atoms with E-state index in [0.29, 0.717) is 6.54 Å². The number of amides is 1. The highest BCUT2D eigenvalue weighted by atomic mass is 16.5. The topological polar surface area (TPSA) is 55.6 Å². The summed E-state index contributed by atoms with van der Waals surface area (Å²) in [6.45, 7) is 2.63. The van der Waals surface area contributed by atoms with Gasteiger partial charge < -0.3 is 15.4 Å². The van der Waals surface area contributed by atoms with Crippen molar-refractivity contribution >= 4 is 5.91 Å². The van der Waals surface area contributed by atoms with Gasteiger partial charge in [0.1, 0.15) is 5.75 Å². The molecule has 0 aliphatic heterocycles. The van der Waals surface area contributed by atoms with Crippen LogP contribution in [0.5, 0.6) is 5.75 Å². The maximum Gasteiger partial charge on any atom is 0.227 e. The molecule has 4 nitrogen and oxygen atoms in total. The van der Waals surface area contributed by atoms with Crippen molar-refractivity contribution < 1.29 is 9.53 Å². The third-order valence-electron chi connectivity index (χ3n) is 4.14. The smallest absolute Gasteiger partial charge is 0.227 e. The van der Waals surface area contributed by atoms with E-state index in [0.717, 1.165) is 36.1 Å². The van der Waals surface area contributed by atoms with Gasteiger partial charge in [0.25, 0.3) is 0 Å². The van der Waals surface area contributed by atoms with Gasteiger partial charge in [0, 0.05) is 19.6 Å². The molecule has 0 heterocycles. The summed E-state index contributed by atoms with van der Waals surface area (Å²) >= 11 is 0. The zero-order valence-corrected chi connectivity index (χ0v) is 12.6. The van der Waals surface area contributed by atoms with Gasteiger partial charge in [-0.25, -0.2) is 0 Å². The van der Waals surface area contributed by atoms with Crippen LogP contribution in [0.2, 0.25) is 0 Å². The molecule has 110 valence electrons. The molecule has 0 unspecified atom stereocenters. The molecule has 1 aliphatic carbocycles. The number of hydrogen-bond acceptors (Lipinski definition) is 3. The first-order chi connectivity index (χ1) is 9.52. The number of carbonyl (C=O) groups is 1. The summed E-state index contributed by atoms with van der Waals surface area (Å²) in [5.74, 6) is 1.04. The van der Waals surface area contributed by atoms with Gasteiger partial charge in [-0.3, -0.25) is 4.79 Å². The predicted molar refractivity (Wildman–Crippen MR) is 79.5 cm³/mol. The lowest BCUT2D eigenvalue weighted by Crippen LogP contribution is -2.39. The average molecular weight is 276 g/mol. The van der Waals surface area contributed by atoms with Crippen LogP contribution in [0.25, 0.3) is 0 Å². The number of methoxy groups -OCH3 is 1. The number of nitrogens with two attached hydrogens (primary N) is 1. The van der Waals surface area contributed by atoms with Crippen LogP contribution in [0.1, 0.15) is 30.4 Å². The molecule has 0 bridgehead atoms. The van der Waals surface area contributed by atoms with Crippen LogP contribution in [0.15, 0.2) is 18.2 Å². The third-order valence-corrected chi connectivity index (χ3v) is 4.14. The summed E-state index contributed by atoms with van der Waals surface area (Å²) in [5, 5.41) is 0. The molecule has 0 saturated heterocycles. The van der Waals surface area contributed by atoms with Crippen molar-refractivity contribution in [1.82, 2.24) is 4.90 Å². The monoisotopic (exact) mass is 276 g/mol. The molecule has 1 fully saturated rings. The van der Waals surface area contributed by atoms with E-state index in [4.69, 9.17) is 10.5 Å². The molecular weight excluding hydrogens is 252 g/mol. The number of aryl methyl sites for hydroxylation is 1. The summed E-state index contributed by atoms with van der Waals surface area (Å²) in [5.41, 5.74) is 8.21. The third kappa shape index (κ3) is 3.12. The second kappa shape index (κ2) is 6.27. The van der Waals surface area contributed by atoms with Crippen LogP contribution < -0.4 is 10.5 Å². The Hall–Kier alpha value is -1.55. The van der Waals surface area contributed by atoms with E-state index in [1.165, 1.54) is 0 Å². The lowest BCUT2D eigenvalue weighted by Gasteiger charge is -2.23. The minimum atomic E-state index is -0.000606. The second-order valence-corrected chi connectivity index (χ2v) is 5.70. The molecule has 0 radical (unpaired) electrons. The summed E-state index contributed by atoms with van der Waals surface area (Å²) in [7, 11) is 3.52. The molecule has 0 aromatic heterocycles. The Morgan fingerprint density at radius 1 is 1.45 bits per heavy atom. The maximum absolute atomic E-state index is 12.4. The molecule has 1 aromatic carbocycles. The van der Waals surface area contributed by atoms with E-state index in [1.54, 1.807) is 12.0 Å². The first kappa shape index (κ1) is 14.9. The summed E-state index contributed by atoms with van der Waals surface area (Å²) in [4.78, 5) is 14.2. The highest BCUT2D eigenvalue weighted by Gasteiger charge is 2.32. The number of carbonyl (C=O) groups excluding carboxylic acids is 1. The minimum absolute atomic E-state index is 0.000606. The van der Waals surface area contributed by atoms with Gasteiger partial charge in [-0.15, -0.1) is 0 Å². The van der Waals surface area contributed by atoms with Gasteiger partial charge >= 0.3 is 0 Å². The van der Waals surface area contributed by atoms with Crippen molar-refractivity contribution in [3.63, 3.8) is 0 Å². The maximum atomic E-state index is 12.4. The van der Waals surface area contributed by atoms with E-state index in [-0.39, 0.29) is 17.9 Å². The number of benzene rings is 1. The van der Waals surface area contributed by atoms with Crippen molar-refractivity contribution in [2.75, 3.05) is 14.2 Å². The Bertz CT molecular complexity index is 487. The zero-order chi connectivity index (χ0) is 14.7. The van der Waals surface area contributed by atoms with E-state index in [2.05, 4.69) is 6.07 Å². The highest BCUT2D eigenvalue weighted by Crippen LogP contribution is 2.26. The molecule has 1 aliphatic rings. The summed E-state index contributed by atoms with van der Waals surface area (Å²) in [6, 6.07) is 6.05. The van der Waals surface area contributed by atoms with Crippen LogP contribution in [-0.2, 0) is 11.3 Å². The van der Waals surface area contributed by atoms with Crippen LogP contribution in [0.4, 0.5) is 0 Å². The van der Waals surface area contributed by atoms with E-state index < -0.39 is 0 Å². The highest BCUT2D eigenvalue weighted by molar-refractivity contribution is 5.79. The second-order valence-electron chi connectivity index (χ2n) is 5.70. The molecule has 2 N–H and O–H groups in total. The van der Waals surface area contributed by atoms with Crippen molar-refractivity contribution in [3.8, 4) is 5.75 Å². The normalized spacial score (nSPS) is 21.8. The van der Waals surface area contributed by atoms with Crippen LogP contribution in [0, 0.1) is 12.8 Å². The van der Waals surface area contributed by atoms with Crippen LogP contribution >= 0.6 is 0 Å². The lowest BCUT2D eigenvalue weighted by molar-refractivity contribution is -0.134. The van der Waals surface area contributed by atoms with Gasteiger partial charge in [0.05, 0.1) is 13.0 Å². The van der Waals surface area contributed by atoms with Gasteiger partial charge in [-0.05, 0) is 37.0 Å². The fourth-order valence-corrected chi connectivity index (χ4v) is 2.97. The Labute approximate surface area is 120 Å². The quantitative estimate of drug-likeness (QED) is 0.916. The molecular formula is C16H24N2O2. The summed E-state index contributed by atoms with van der Waals surface area (Å²) < 4.78 is 5.25. The van der Waals surface area contributed by atoms with Gasteiger partial charge in [0.15, 0.2) is 0 Å². The first-order valence-electron chi connectivity index (χ1n) is 7.17. The van der Waals surface area contributed by atoms with Crippen molar-refractivity contribution in [3.05, 3.63) is 29.3 Å². The number of rotatable bonds is 4. The largest absolute Gasteiger partial charge is 0.496 e. The van der Waals surface area contributed by atoms with Gasteiger partial charge in [0.2, 0.25) is 5.91 Å². The van der Waals surface area contributed by atoms with Crippen LogP contribution in [-0.4, -0.2) is 31.0 Å². The molecule has 2 rings (SSSR count). The Morgan fingerprint density at radius 3 is 2.75 bits per heavy atom. The van der Waals surface area contributed by atoms with E-state index in [1.807, 2.05) is 26.1 Å². The first-order valence-corrected chi connectivity index (χ1v) is 7.17. The molecule has 20 heavy (non-hydrogen) atoms. The van der Waals surface area contributed by atoms with Gasteiger partial charge in [-0.2, -0.15) is 0 Å². The van der Waals surface area contributed by atoms with E-state index >= 15 is 0 Å². The van der Waals surface area contributed by atoms with Crippen LogP contribution in [0.3, 0.4) is 0 Å². The predicted octanol–water partition coefficient (Wildman–Crippen LogP) is 2.09. The van der Waals surface area contributed by atoms with Crippen molar-refractivity contribution in [2.24, 2.45) is 11.7 Å². The molecule has 2 atom stereocenters. The average Bonchev–Trinajstić information content (AvgIpc) is 2.84. The Kier molecular flexibility index (Phi) is 4.65. The van der Waals surface area contributed by atoms with E-state index in [9.17, 15) is 4.79 Å². The number of hydrogen-bond donors (Lipinski definition) is 1. The fraction of sp³-hybridized carbons (Fsp3) is 0.562. The zero-order valence-electron chi connectivity index (χ0n) is 12.6. The summed E-state index contributed by atoms with van der Waals surface area (Å²) in [6.07, 6.45) is 2.95. The number of ether oxygens (including phenoxy) is 1. The molecule has 1 saturated carbocycles. The Morgan fingerprint density at radius 2 is 2.20 bits per heavy atom. The molecule has 4 heteroatoms. The SMILES string of the molecule is COc1ccc(CN(C)C(=O)[C@H]2CCC[C@@H]2N)cc1C. The molecule has 1 amide bonds. The minimum Gasteiger partial charge on any atom is -0.496 e. The van der Waals surface area contributed by atoms with Gasteiger partial charge in [-0.1, -0.05) is 18.6 Å².